The van der Waals surface area contributed by atoms with Gasteiger partial charge in [0.05, 0.1) is 0 Å². The van der Waals surface area contributed by atoms with Crippen LogP contribution in [-0.4, -0.2) is 12.8 Å². The number of benzene rings is 2. The Morgan fingerprint density at radius 1 is 0.967 bits per heavy atom. The van der Waals surface area contributed by atoms with Gasteiger partial charge in [0.15, 0.2) is 18.2 Å². The number of hydrogen-bond donors (Lipinski definition) is 0. The van der Waals surface area contributed by atoms with Crippen LogP contribution < -0.4 is 4.74 Å². The molecule has 0 heterocycles. The summed E-state index contributed by atoms with van der Waals surface area (Å²) in [7, 11) is 0. The largest absolute Gasteiger partial charge is 0.481 e. The molecule has 0 aromatic heterocycles. The lowest BCUT2D eigenvalue weighted by Crippen LogP contribution is -2.22. The summed E-state index contributed by atoms with van der Waals surface area (Å²) in [6, 6.07) is 5.46. The first-order chi connectivity index (χ1) is 14.2. The Balaban J connectivity index is 2.28. The van der Waals surface area contributed by atoms with Gasteiger partial charge in [0, 0.05) is 16.7 Å². The third kappa shape index (κ3) is 4.76. The minimum atomic E-state index is -4.69. The van der Waals surface area contributed by atoms with Gasteiger partial charge in [0.2, 0.25) is 5.82 Å². The third-order valence-electron chi connectivity index (χ3n) is 5.52. The van der Waals surface area contributed by atoms with Crippen molar-refractivity contribution in [3.05, 3.63) is 52.8 Å². The quantitative estimate of drug-likeness (QED) is 0.427. The van der Waals surface area contributed by atoms with Crippen molar-refractivity contribution in [1.82, 2.24) is 0 Å². The molecular weight excluding hydrogens is 406 g/mol. The summed E-state index contributed by atoms with van der Waals surface area (Å²) in [5.41, 5.74) is 0.285. The molecule has 30 heavy (non-hydrogen) atoms. The molecule has 164 valence electrons. The van der Waals surface area contributed by atoms with Crippen molar-refractivity contribution in [2.45, 2.75) is 64.0 Å². The van der Waals surface area contributed by atoms with E-state index in [0.717, 1.165) is 25.3 Å². The van der Waals surface area contributed by atoms with E-state index in [9.17, 15) is 17.6 Å². The van der Waals surface area contributed by atoms with Crippen LogP contribution in [0.3, 0.4) is 0 Å². The van der Waals surface area contributed by atoms with E-state index in [1.807, 2.05) is 6.92 Å². The molecule has 0 atom stereocenters. The summed E-state index contributed by atoms with van der Waals surface area (Å²) < 4.78 is 88.0. The topological polar surface area (TPSA) is 9.23 Å². The van der Waals surface area contributed by atoms with E-state index in [1.165, 1.54) is 18.2 Å². The molecule has 0 saturated heterocycles. The van der Waals surface area contributed by atoms with Crippen LogP contribution in [0.2, 0.25) is 0 Å². The summed E-state index contributed by atoms with van der Waals surface area (Å²) in [5, 5.41) is 0. The Morgan fingerprint density at radius 2 is 1.63 bits per heavy atom. The normalized spacial score (nSPS) is 15.4. The van der Waals surface area contributed by atoms with Crippen LogP contribution in [0.1, 0.15) is 62.5 Å². The van der Waals surface area contributed by atoms with Gasteiger partial charge in [-0.05, 0) is 36.8 Å². The molecule has 1 saturated carbocycles. The lowest BCUT2D eigenvalue weighted by atomic mass is 9.78. The van der Waals surface area contributed by atoms with Gasteiger partial charge in [-0.1, -0.05) is 50.8 Å². The smallest absolute Gasteiger partial charge is 0.422 e. The first kappa shape index (κ1) is 22.5. The van der Waals surface area contributed by atoms with Crippen molar-refractivity contribution in [2.75, 3.05) is 6.61 Å². The zero-order chi connectivity index (χ0) is 21.9. The number of halogens is 6. The number of hydrogen-bond acceptors (Lipinski definition) is 1. The standard InChI is InChI=1S/C23H24F6O/c1-2-8-16-18(14-9-4-3-5-10-14)22(30-13-23(27,28)29)21(26)20(25)19(16)15-11-6-7-12-17(15)24/h6-7,11-12,14H,2-5,8-10,13H2,1H3. The maximum atomic E-state index is 15.2. The lowest BCUT2D eigenvalue weighted by molar-refractivity contribution is -0.154. The van der Waals surface area contributed by atoms with Crippen LogP contribution in [0.4, 0.5) is 26.3 Å². The van der Waals surface area contributed by atoms with E-state index in [-0.39, 0.29) is 29.0 Å². The Bertz CT molecular complexity index is 884. The SMILES string of the molecule is CCCc1c(-c2ccccc2F)c(F)c(F)c(OCC(F)(F)F)c1C1CCCCC1. The Morgan fingerprint density at radius 3 is 2.23 bits per heavy atom. The molecule has 0 aliphatic heterocycles. The van der Waals surface area contributed by atoms with E-state index < -0.39 is 36.0 Å². The Hall–Kier alpha value is -2.18. The molecule has 2 aromatic rings. The summed E-state index contributed by atoms with van der Waals surface area (Å²) in [5.74, 6) is -4.52. The second kappa shape index (κ2) is 9.31. The van der Waals surface area contributed by atoms with Crippen LogP contribution >= 0.6 is 0 Å². The maximum Gasteiger partial charge on any atom is 0.422 e. The Labute approximate surface area is 172 Å². The van der Waals surface area contributed by atoms with E-state index >= 15 is 8.78 Å². The molecule has 1 fully saturated rings. The minimum absolute atomic E-state index is 0.100. The molecule has 0 N–H and O–H groups in total. The van der Waals surface area contributed by atoms with Crippen LogP contribution in [0.15, 0.2) is 24.3 Å². The molecule has 7 heteroatoms. The fourth-order valence-electron chi connectivity index (χ4n) is 4.30. The molecule has 2 aromatic carbocycles. The minimum Gasteiger partial charge on any atom is -0.481 e. The van der Waals surface area contributed by atoms with E-state index in [4.69, 9.17) is 4.74 Å². The summed E-state index contributed by atoms with van der Waals surface area (Å²) >= 11 is 0. The third-order valence-corrected chi connectivity index (χ3v) is 5.52. The highest BCUT2D eigenvalue weighted by Gasteiger charge is 2.35. The molecule has 1 nitrogen and oxygen atoms in total. The Kier molecular flexibility index (Phi) is 6.98. The highest BCUT2D eigenvalue weighted by molar-refractivity contribution is 5.73. The summed E-state index contributed by atoms with van der Waals surface area (Å²) in [6.45, 7) is 0.112. The van der Waals surface area contributed by atoms with Gasteiger partial charge in [-0.15, -0.1) is 0 Å². The molecular formula is C23H24F6O. The summed E-state index contributed by atoms with van der Waals surface area (Å²) in [4.78, 5) is 0. The van der Waals surface area contributed by atoms with Crippen molar-refractivity contribution in [3.8, 4) is 16.9 Å². The maximum absolute atomic E-state index is 15.2. The number of rotatable bonds is 6. The van der Waals surface area contributed by atoms with E-state index in [2.05, 4.69) is 0 Å². The fraction of sp³-hybridized carbons (Fsp3) is 0.478. The van der Waals surface area contributed by atoms with Gasteiger partial charge in [-0.25, -0.2) is 8.78 Å². The van der Waals surface area contributed by atoms with Crippen molar-refractivity contribution < 1.29 is 31.1 Å². The molecule has 0 unspecified atom stereocenters. The van der Waals surface area contributed by atoms with E-state index in [1.54, 1.807) is 0 Å². The first-order valence-electron chi connectivity index (χ1n) is 10.2. The van der Waals surface area contributed by atoms with Crippen molar-refractivity contribution in [1.29, 1.82) is 0 Å². The summed E-state index contributed by atoms with van der Waals surface area (Å²) in [6.07, 6.45) is 0.0395. The van der Waals surface area contributed by atoms with Gasteiger partial charge >= 0.3 is 6.18 Å². The second-order valence-electron chi connectivity index (χ2n) is 7.69. The molecule has 0 bridgehead atoms. The van der Waals surface area contributed by atoms with Crippen LogP contribution in [0.25, 0.3) is 11.1 Å². The van der Waals surface area contributed by atoms with Crippen molar-refractivity contribution in [3.63, 3.8) is 0 Å². The zero-order valence-electron chi connectivity index (χ0n) is 16.7. The van der Waals surface area contributed by atoms with Gasteiger partial charge in [-0.2, -0.15) is 17.6 Å². The fourth-order valence-corrected chi connectivity index (χ4v) is 4.30. The van der Waals surface area contributed by atoms with Crippen LogP contribution in [0.5, 0.6) is 5.75 Å². The van der Waals surface area contributed by atoms with Crippen molar-refractivity contribution in [2.24, 2.45) is 0 Å². The number of ether oxygens (including phenoxy) is 1. The number of alkyl halides is 3. The van der Waals surface area contributed by atoms with Crippen LogP contribution in [0, 0.1) is 17.5 Å². The highest BCUT2D eigenvalue weighted by atomic mass is 19.4. The highest BCUT2D eigenvalue weighted by Crippen LogP contribution is 2.46. The molecule has 1 aliphatic carbocycles. The molecule has 1 aliphatic rings. The molecule has 3 rings (SSSR count). The van der Waals surface area contributed by atoms with E-state index in [0.29, 0.717) is 24.8 Å². The van der Waals surface area contributed by atoms with Gasteiger partial charge in [0.1, 0.15) is 5.82 Å². The molecule has 0 radical (unpaired) electrons. The average molecular weight is 430 g/mol. The molecule has 0 spiro atoms. The van der Waals surface area contributed by atoms with Crippen molar-refractivity contribution >= 4 is 0 Å². The first-order valence-corrected chi connectivity index (χ1v) is 10.2. The van der Waals surface area contributed by atoms with Crippen LogP contribution in [-0.2, 0) is 6.42 Å². The average Bonchev–Trinajstić information content (AvgIpc) is 2.71. The molecule has 0 amide bonds. The second-order valence-corrected chi connectivity index (χ2v) is 7.69. The monoisotopic (exact) mass is 430 g/mol. The predicted octanol–water partition coefficient (Wildman–Crippen LogP) is 7.71. The zero-order valence-corrected chi connectivity index (χ0v) is 16.7. The lowest BCUT2D eigenvalue weighted by Gasteiger charge is -2.29. The van der Waals surface area contributed by atoms with Gasteiger partial charge in [-0.3, -0.25) is 0 Å². The van der Waals surface area contributed by atoms with Gasteiger partial charge in [0.25, 0.3) is 0 Å². The van der Waals surface area contributed by atoms with Gasteiger partial charge < -0.3 is 4.74 Å². The predicted molar refractivity (Wildman–Crippen MR) is 103 cm³/mol.